The zero-order valence-corrected chi connectivity index (χ0v) is 10.7. The summed E-state index contributed by atoms with van der Waals surface area (Å²) in [5, 5.41) is 0. The number of ketones is 1. The lowest BCUT2D eigenvalue weighted by Gasteiger charge is -2.06. The number of allylic oxidation sites excluding steroid dienone is 1. The van der Waals surface area contributed by atoms with Crippen LogP contribution in [-0.2, 0) is 11.2 Å². The van der Waals surface area contributed by atoms with E-state index in [4.69, 9.17) is 5.73 Å². The summed E-state index contributed by atoms with van der Waals surface area (Å²) in [6.07, 6.45) is 1.58. The number of carbonyl (C=O) groups is 1. The maximum atomic E-state index is 12.3. The van der Waals surface area contributed by atoms with Gasteiger partial charge in [-0.3, -0.25) is 9.78 Å². The maximum absolute atomic E-state index is 12.3. The smallest absolute Gasteiger partial charge is 0.248 e. The summed E-state index contributed by atoms with van der Waals surface area (Å²) < 4.78 is 12.3. The quantitative estimate of drug-likeness (QED) is 0.632. The highest BCUT2D eigenvalue weighted by Crippen LogP contribution is 2.36. The van der Waals surface area contributed by atoms with Crippen molar-refractivity contribution in [1.29, 1.82) is 0 Å². The number of hydrogen-bond acceptors (Lipinski definition) is 4. The number of hydrogen-bond donors (Lipinski definition) is 1. The van der Waals surface area contributed by atoms with Gasteiger partial charge in [-0.25, -0.2) is 0 Å². The van der Waals surface area contributed by atoms with Crippen molar-refractivity contribution >= 4 is 22.7 Å². The lowest BCUT2D eigenvalue weighted by atomic mass is 10.1. The second-order valence-corrected chi connectivity index (χ2v) is 5.44. The molecule has 0 bridgehead atoms. The van der Waals surface area contributed by atoms with Gasteiger partial charge in [-0.1, -0.05) is 18.2 Å². The van der Waals surface area contributed by atoms with E-state index in [2.05, 4.69) is 4.98 Å². The van der Waals surface area contributed by atoms with Gasteiger partial charge in [0.25, 0.3) is 0 Å². The third kappa shape index (κ3) is 1.83. The second kappa shape index (κ2) is 4.53. The van der Waals surface area contributed by atoms with Crippen LogP contribution in [0.15, 0.2) is 58.5 Å². The Labute approximate surface area is 113 Å². The molecule has 0 amide bonds. The largest absolute Gasteiger partial charge is 0.606 e. The fourth-order valence-electron chi connectivity index (χ4n) is 1.99. The molecule has 0 radical (unpaired) electrons. The number of fused-ring (bicyclic) bond motifs is 1. The molecule has 1 aromatic carbocycles. The van der Waals surface area contributed by atoms with Gasteiger partial charge in [0, 0.05) is 17.4 Å². The van der Waals surface area contributed by atoms with Gasteiger partial charge in [-0.05, 0) is 24.3 Å². The number of aromatic nitrogens is 1. The minimum atomic E-state index is -1.53. The summed E-state index contributed by atoms with van der Waals surface area (Å²) in [4.78, 5) is 17.0. The van der Waals surface area contributed by atoms with Gasteiger partial charge >= 0.3 is 0 Å². The molecule has 0 spiro atoms. The minimum Gasteiger partial charge on any atom is -0.606 e. The first kappa shape index (κ1) is 12.0. The number of pyridine rings is 1. The van der Waals surface area contributed by atoms with E-state index in [0.717, 1.165) is 0 Å². The zero-order valence-electron chi connectivity index (χ0n) is 9.87. The number of rotatable bonds is 1. The highest BCUT2D eigenvalue weighted by atomic mass is 32.2. The highest BCUT2D eigenvalue weighted by molar-refractivity contribution is 7.97. The van der Waals surface area contributed by atoms with Gasteiger partial charge < -0.3 is 10.3 Å². The van der Waals surface area contributed by atoms with Crippen molar-refractivity contribution in [2.45, 2.75) is 4.90 Å². The zero-order chi connectivity index (χ0) is 13.4. The first-order valence-corrected chi connectivity index (χ1v) is 6.82. The fraction of sp³-hybridized carbons (Fsp3) is 0. The van der Waals surface area contributed by atoms with Crippen LogP contribution >= 0.6 is 0 Å². The first-order chi connectivity index (χ1) is 9.20. The molecule has 1 aliphatic heterocycles. The lowest BCUT2D eigenvalue weighted by Crippen LogP contribution is -2.12. The standard InChI is InChI=1S/C14H10N2O2S/c15-12(10-6-3-4-8-16-10)14-13(17)9-5-1-2-7-11(9)19(14)18/h1-8H,15H2. The Hall–Kier alpha value is -2.11. The van der Waals surface area contributed by atoms with E-state index in [1.54, 1.807) is 48.7 Å². The van der Waals surface area contributed by atoms with Crippen molar-refractivity contribution in [3.05, 3.63) is 64.8 Å². The Bertz CT molecular complexity index is 683. The average molecular weight is 270 g/mol. The molecule has 19 heavy (non-hydrogen) atoms. The van der Waals surface area contributed by atoms with Crippen LogP contribution in [0.3, 0.4) is 0 Å². The van der Waals surface area contributed by atoms with Crippen LogP contribution in [0.2, 0.25) is 0 Å². The lowest BCUT2D eigenvalue weighted by molar-refractivity contribution is 0.104. The monoisotopic (exact) mass is 270 g/mol. The molecule has 3 rings (SSSR count). The SMILES string of the molecule is NC(=C1C(=O)c2ccccc2[S+]1[O-])c1ccccn1. The molecule has 0 saturated heterocycles. The normalized spacial score (nSPS) is 20.3. The van der Waals surface area contributed by atoms with Crippen LogP contribution in [0.1, 0.15) is 16.1 Å². The van der Waals surface area contributed by atoms with Crippen LogP contribution < -0.4 is 5.73 Å². The van der Waals surface area contributed by atoms with Gasteiger partial charge in [0.2, 0.25) is 10.7 Å². The highest BCUT2D eigenvalue weighted by Gasteiger charge is 2.41. The maximum Gasteiger partial charge on any atom is 0.248 e. The van der Waals surface area contributed by atoms with Crippen LogP contribution in [0.25, 0.3) is 5.70 Å². The molecule has 2 aromatic rings. The van der Waals surface area contributed by atoms with Crippen molar-refractivity contribution in [3.8, 4) is 0 Å². The molecule has 1 aromatic heterocycles. The molecule has 2 heterocycles. The molecule has 4 nitrogen and oxygen atoms in total. The minimum absolute atomic E-state index is 0.125. The predicted molar refractivity (Wildman–Crippen MR) is 72.5 cm³/mol. The number of nitrogens with zero attached hydrogens (tertiary/aromatic N) is 1. The summed E-state index contributed by atoms with van der Waals surface area (Å²) >= 11 is -1.53. The summed E-state index contributed by atoms with van der Waals surface area (Å²) in [7, 11) is 0. The van der Waals surface area contributed by atoms with E-state index < -0.39 is 11.2 Å². The number of carbonyl (C=O) groups excluding carboxylic acids is 1. The van der Waals surface area contributed by atoms with Crippen molar-refractivity contribution < 1.29 is 9.35 Å². The van der Waals surface area contributed by atoms with Crippen LogP contribution in [0, 0.1) is 0 Å². The van der Waals surface area contributed by atoms with Gasteiger partial charge in [-0.15, -0.1) is 0 Å². The predicted octanol–water partition coefficient (Wildman–Crippen LogP) is 1.71. The molecular weight excluding hydrogens is 260 g/mol. The van der Waals surface area contributed by atoms with E-state index in [1.165, 1.54) is 0 Å². The Kier molecular flexibility index (Phi) is 2.85. The molecule has 94 valence electrons. The van der Waals surface area contributed by atoms with E-state index in [-0.39, 0.29) is 16.4 Å². The molecule has 2 N–H and O–H groups in total. The Morgan fingerprint density at radius 2 is 1.89 bits per heavy atom. The van der Waals surface area contributed by atoms with Gasteiger partial charge in [0.1, 0.15) is 5.70 Å². The van der Waals surface area contributed by atoms with E-state index in [9.17, 15) is 9.35 Å². The van der Waals surface area contributed by atoms with Crippen molar-refractivity contribution in [2.24, 2.45) is 5.73 Å². The molecule has 1 aliphatic rings. The molecule has 5 heteroatoms. The Morgan fingerprint density at radius 1 is 1.16 bits per heavy atom. The Morgan fingerprint density at radius 3 is 2.58 bits per heavy atom. The number of nitrogens with two attached hydrogens (primary N) is 1. The van der Waals surface area contributed by atoms with E-state index in [1.807, 2.05) is 0 Å². The molecular formula is C14H10N2O2S. The first-order valence-electron chi connectivity index (χ1n) is 5.67. The molecule has 0 saturated carbocycles. The number of Topliss-reactive ketones (excluding diaryl/α,β-unsaturated/α-hetero) is 1. The van der Waals surface area contributed by atoms with Crippen molar-refractivity contribution in [3.63, 3.8) is 0 Å². The molecule has 1 atom stereocenters. The topological polar surface area (TPSA) is 79.0 Å². The van der Waals surface area contributed by atoms with Crippen LogP contribution in [-0.4, -0.2) is 15.3 Å². The van der Waals surface area contributed by atoms with Crippen molar-refractivity contribution in [2.75, 3.05) is 0 Å². The molecule has 0 fully saturated rings. The summed E-state index contributed by atoms with van der Waals surface area (Å²) in [6.45, 7) is 0. The van der Waals surface area contributed by atoms with Gasteiger partial charge in [0.05, 0.1) is 11.3 Å². The number of benzene rings is 1. The Balaban J connectivity index is 2.16. The van der Waals surface area contributed by atoms with E-state index in [0.29, 0.717) is 16.2 Å². The fourth-order valence-corrected chi connectivity index (χ4v) is 3.36. The van der Waals surface area contributed by atoms with Crippen LogP contribution in [0.4, 0.5) is 0 Å². The molecule has 1 unspecified atom stereocenters. The second-order valence-electron chi connectivity index (χ2n) is 4.05. The van der Waals surface area contributed by atoms with Crippen molar-refractivity contribution in [1.82, 2.24) is 4.98 Å². The summed E-state index contributed by atoms with van der Waals surface area (Å²) in [6, 6.07) is 12.1. The van der Waals surface area contributed by atoms with Gasteiger partial charge in [-0.2, -0.15) is 0 Å². The van der Waals surface area contributed by atoms with E-state index >= 15 is 0 Å². The third-order valence-electron chi connectivity index (χ3n) is 2.91. The van der Waals surface area contributed by atoms with Crippen LogP contribution in [0.5, 0.6) is 0 Å². The summed E-state index contributed by atoms with van der Waals surface area (Å²) in [5.41, 5.74) is 7.06. The molecule has 0 aliphatic carbocycles. The third-order valence-corrected chi connectivity index (χ3v) is 4.44. The summed E-state index contributed by atoms with van der Waals surface area (Å²) in [5.74, 6) is -0.280. The average Bonchev–Trinajstić information content (AvgIpc) is 2.72. The van der Waals surface area contributed by atoms with Gasteiger partial charge in [0.15, 0.2) is 4.90 Å².